The van der Waals surface area contributed by atoms with E-state index in [0.29, 0.717) is 51.5 Å². The van der Waals surface area contributed by atoms with E-state index >= 15 is 0 Å². The molecule has 0 N–H and O–H groups in total. The summed E-state index contributed by atoms with van der Waals surface area (Å²) in [5, 5.41) is 15.7. The fraction of sp³-hybridized carbons (Fsp3) is 0.688. The average Bonchev–Trinajstić information content (AvgIpc) is 3.25. The van der Waals surface area contributed by atoms with E-state index in [1.54, 1.807) is 11.8 Å². The van der Waals surface area contributed by atoms with E-state index in [1.165, 1.54) is 0 Å². The van der Waals surface area contributed by atoms with Gasteiger partial charge in [-0.2, -0.15) is 0 Å². The van der Waals surface area contributed by atoms with E-state index in [9.17, 15) is 4.79 Å². The Morgan fingerprint density at radius 1 is 1.38 bits per heavy atom. The first-order valence-electron chi connectivity index (χ1n) is 8.66. The van der Waals surface area contributed by atoms with Crippen LogP contribution in [0.25, 0.3) is 0 Å². The van der Waals surface area contributed by atoms with Gasteiger partial charge in [-0.25, -0.2) is 4.68 Å². The molecule has 2 aromatic rings. The number of hydrogen-bond acceptors (Lipinski definition) is 8. The number of rotatable bonds is 7. The summed E-state index contributed by atoms with van der Waals surface area (Å²) in [5.41, 5.74) is 1.85. The van der Waals surface area contributed by atoms with Gasteiger partial charge in [0.1, 0.15) is 11.9 Å². The number of aryl methyl sites for hydroxylation is 2. The summed E-state index contributed by atoms with van der Waals surface area (Å²) in [5.74, 6) is 1.46. The van der Waals surface area contributed by atoms with Crippen molar-refractivity contribution in [3.8, 4) is 0 Å². The van der Waals surface area contributed by atoms with E-state index < -0.39 is 0 Å². The molecule has 0 saturated carbocycles. The Morgan fingerprint density at radius 2 is 2.23 bits per heavy atom. The van der Waals surface area contributed by atoms with Crippen LogP contribution in [0, 0.1) is 13.8 Å². The molecule has 1 fully saturated rings. The predicted molar refractivity (Wildman–Crippen MR) is 89.3 cm³/mol. The lowest BCUT2D eigenvalue weighted by molar-refractivity contribution is -0.139. The number of ether oxygens (including phenoxy) is 2. The molecule has 0 spiro atoms. The van der Waals surface area contributed by atoms with Crippen molar-refractivity contribution in [1.82, 2.24) is 30.3 Å². The maximum absolute atomic E-state index is 12.6. The second-order valence-electron chi connectivity index (χ2n) is 6.25. The molecule has 1 unspecified atom stereocenters. The molecule has 0 aromatic carbocycles. The highest BCUT2D eigenvalue weighted by molar-refractivity contribution is 5.76. The zero-order valence-electron chi connectivity index (χ0n) is 15.3. The predicted octanol–water partition coefficient (Wildman–Crippen LogP) is 0.457. The van der Waals surface area contributed by atoms with Crippen molar-refractivity contribution >= 4 is 5.91 Å². The van der Waals surface area contributed by atoms with Gasteiger partial charge < -0.3 is 18.9 Å². The van der Waals surface area contributed by atoms with Crippen molar-refractivity contribution in [1.29, 1.82) is 0 Å². The summed E-state index contributed by atoms with van der Waals surface area (Å²) in [4.78, 5) is 14.4. The first kappa shape index (κ1) is 18.5. The van der Waals surface area contributed by atoms with Crippen molar-refractivity contribution in [3.63, 3.8) is 0 Å². The Morgan fingerprint density at radius 3 is 2.96 bits per heavy atom. The molecule has 0 aliphatic carbocycles. The Bertz CT molecular complexity index is 723. The lowest BCUT2D eigenvalue weighted by Crippen LogP contribution is -2.43. The second kappa shape index (κ2) is 8.37. The van der Waals surface area contributed by atoms with Crippen LogP contribution in [0.3, 0.4) is 0 Å². The minimum absolute atomic E-state index is 0.0780. The number of morpholine rings is 1. The maximum Gasteiger partial charge on any atom is 0.223 e. The number of methoxy groups -OCH3 is 1. The molecule has 3 rings (SSSR count). The van der Waals surface area contributed by atoms with Gasteiger partial charge in [0.2, 0.25) is 5.91 Å². The van der Waals surface area contributed by atoms with Gasteiger partial charge in [-0.15, -0.1) is 5.10 Å². The van der Waals surface area contributed by atoms with Crippen LogP contribution in [0.4, 0.5) is 0 Å². The molecule has 0 radical (unpaired) electrons. The summed E-state index contributed by atoms with van der Waals surface area (Å²) < 4.78 is 17.7. The van der Waals surface area contributed by atoms with Gasteiger partial charge in [-0.3, -0.25) is 4.79 Å². The summed E-state index contributed by atoms with van der Waals surface area (Å²) in [7, 11) is 1.63. The van der Waals surface area contributed by atoms with Gasteiger partial charge >= 0.3 is 0 Å². The minimum atomic E-state index is -0.335. The van der Waals surface area contributed by atoms with Crippen LogP contribution >= 0.6 is 0 Å². The Hall–Kier alpha value is -2.33. The Labute approximate surface area is 151 Å². The van der Waals surface area contributed by atoms with Crippen LogP contribution in [-0.2, 0) is 27.2 Å². The number of carbonyl (C=O) groups excluding carboxylic acids is 1. The normalized spacial score (nSPS) is 17.7. The van der Waals surface area contributed by atoms with Gasteiger partial charge in [0.15, 0.2) is 5.82 Å². The van der Waals surface area contributed by atoms with Gasteiger partial charge in [-0.1, -0.05) is 5.16 Å². The molecule has 3 heterocycles. The lowest BCUT2D eigenvalue weighted by Gasteiger charge is -2.32. The number of aromatic nitrogens is 5. The molecule has 10 nitrogen and oxygen atoms in total. The lowest BCUT2D eigenvalue weighted by atomic mass is 10.1. The third-order valence-electron chi connectivity index (χ3n) is 4.54. The fourth-order valence-corrected chi connectivity index (χ4v) is 3.06. The average molecular weight is 364 g/mol. The Kier molecular flexibility index (Phi) is 5.94. The molecule has 1 aliphatic heterocycles. The topological polar surface area (TPSA) is 108 Å². The molecule has 26 heavy (non-hydrogen) atoms. The quantitative estimate of drug-likeness (QED) is 0.697. The van der Waals surface area contributed by atoms with Crippen LogP contribution in [0.1, 0.15) is 35.4 Å². The molecule has 1 aliphatic rings. The molecule has 10 heteroatoms. The summed E-state index contributed by atoms with van der Waals surface area (Å²) in [6, 6.07) is 0. The highest BCUT2D eigenvalue weighted by Gasteiger charge is 2.29. The van der Waals surface area contributed by atoms with Crippen LogP contribution in [0.2, 0.25) is 0 Å². The Balaban J connectivity index is 1.59. The standard InChI is InChI=1S/C16H24N6O4/c1-11-13(12(2)26-18-11)4-5-15(23)21-6-9-25-14(10-21)16-17-19-20-22(16)7-8-24-3/h14H,4-10H2,1-3H3. The first-order chi connectivity index (χ1) is 12.6. The largest absolute Gasteiger partial charge is 0.383 e. The van der Waals surface area contributed by atoms with E-state index in [4.69, 9.17) is 14.0 Å². The zero-order valence-corrected chi connectivity index (χ0v) is 15.3. The highest BCUT2D eigenvalue weighted by atomic mass is 16.5. The van der Waals surface area contributed by atoms with E-state index in [-0.39, 0.29) is 12.0 Å². The number of nitrogens with zero attached hydrogens (tertiary/aromatic N) is 6. The van der Waals surface area contributed by atoms with Crippen LogP contribution < -0.4 is 0 Å². The van der Waals surface area contributed by atoms with E-state index in [1.807, 2.05) is 18.7 Å². The van der Waals surface area contributed by atoms with Crippen molar-refractivity contribution < 1.29 is 18.8 Å². The molecular weight excluding hydrogens is 340 g/mol. The molecule has 1 atom stereocenters. The SMILES string of the molecule is COCCn1nnnc1C1CN(C(=O)CCc2c(C)noc2C)CCO1. The van der Waals surface area contributed by atoms with E-state index in [2.05, 4.69) is 20.7 Å². The third-order valence-corrected chi connectivity index (χ3v) is 4.54. The fourth-order valence-electron chi connectivity index (χ4n) is 3.06. The van der Waals surface area contributed by atoms with E-state index in [0.717, 1.165) is 17.0 Å². The highest BCUT2D eigenvalue weighted by Crippen LogP contribution is 2.21. The molecule has 142 valence electrons. The minimum Gasteiger partial charge on any atom is -0.383 e. The monoisotopic (exact) mass is 364 g/mol. The number of tetrazole rings is 1. The summed E-state index contributed by atoms with van der Waals surface area (Å²) in [6.07, 6.45) is 0.691. The maximum atomic E-state index is 12.6. The van der Waals surface area contributed by atoms with Crippen molar-refractivity contribution in [2.75, 3.05) is 33.4 Å². The van der Waals surface area contributed by atoms with Gasteiger partial charge in [0, 0.05) is 25.6 Å². The van der Waals surface area contributed by atoms with Crippen LogP contribution in [-0.4, -0.2) is 69.6 Å². The summed E-state index contributed by atoms with van der Waals surface area (Å²) >= 11 is 0. The van der Waals surface area contributed by atoms with Crippen molar-refractivity contribution in [2.24, 2.45) is 0 Å². The molecule has 2 aromatic heterocycles. The van der Waals surface area contributed by atoms with Gasteiger partial charge in [-0.05, 0) is 30.7 Å². The van der Waals surface area contributed by atoms with Gasteiger partial charge in [0.25, 0.3) is 0 Å². The third kappa shape index (κ3) is 4.07. The number of carbonyl (C=O) groups is 1. The van der Waals surface area contributed by atoms with Gasteiger partial charge in [0.05, 0.1) is 32.0 Å². The smallest absolute Gasteiger partial charge is 0.223 e. The number of amides is 1. The second-order valence-corrected chi connectivity index (χ2v) is 6.25. The first-order valence-corrected chi connectivity index (χ1v) is 8.66. The number of hydrogen-bond donors (Lipinski definition) is 0. The zero-order chi connectivity index (χ0) is 18.5. The molecule has 1 amide bonds. The summed E-state index contributed by atoms with van der Waals surface area (Å²) in [6.45, 7) is 6.26. The van der Waals surface area contributed by atoms with Crippen LogP contribution in [0.15, 0.2) is 4.52 Å². The van der Waals surface area contributed by atoms with Crippen molar-refractivity contribution in [3.05, 3.63) is 22.8 Å². The molecular formula is C16H24N6O4. The molecule has 0 bridgehead atoms. The van der Waals surface area contributed by atoms with Crippen molar-refractivity contribution in [2.45, 2.75) is 39.3 Å². The van der Waals surface area contributed by atoms with Crippen LogP contribution in [0.5, 0.6) is 0 Å². The molecule has 1 saturated heterocycles.